The summed E-state index contributed by atoms with van der Waals surface area (Å²) in [5.74, 6) is -0.175. The minimum atomic E-state index is -1.57. The van der Waals surface area contributed by atoms with Crippen LogP contribution in [0.25, 0.3) is 0 Å². The topological polar surface area (TPSA) is 175 Å². The molecule has 0 aliphatic carbocycles. The monoisotopic (exact) mass is 1040 g/mol. The van der Waals surface area contributed by atoms with Crippen molar-refractivity contribution in [3.8, 4) is 0 Å². The number of esters is 1. The van der Waals surface area contributed by atoms with Gasteiger partial charge in [-0.3, -0.25) is 9.59 Å². The van der Waals surface area contributed by atoms with Gasteiger partial charge in [0.1, 0.15) is 24.4 Å². The zero-order valence-corrected chi connectivity index (χ0v) is 47.6. The predicted octanol–water partition coefficient (Wildman–Crippen LogP) is 14.7. The molecule has 1 saturated heterocycles. The van der Waals surface area contributed by atoms with Crippen LogP contribution in [0.3, 0.4) is 0 Å². The fraction of sp³-hybridized carbons (Fsp3) is 0.935. The highest BCUT2D eigenvalue weighted by Gasteiger charge is 2.44. The average molecular weight is 1040 g/mol. The van der Waals surface area contributed by atoms with Crippen molar-refractivity contribution in [3.05, 3.63) is 12.2 Å². The quantitative estimate of drug-likeness (QED) is 0.0195. The number of allylic oxidation sites excluding steroid dienone is 1. The molecule has 1 aliphatic heterocycles. The molecule has 0 aromatic carbocycles. The van der Waals surface area contributed by atoms with E-state index in [-0.39, 0.29) is 18.5 Å². The molecule has 1 aliphatic rings. The highest BCUT2D eigenvalue weighted by Crippen LogP contribution is 2.23. The van der Waals surface area contributed by atoms with E-state index in [0.29, 0.717) is 19.4 Å². The van der Waals surface area contributed by atoms with Crippen LogP contribution in [0.5, 0.6) is 0 Å². The molecule has 73 heavy (non-hydrogen) atoms. The largest absolute Gasteiger partial charge is 0.466 e. The van der Waals surface area contributed by atoms with Crippen molar-refractivity contribution < 1.29 is 49.3 Å². The number of amides is 1. The van der Waals surface area contributed by atoms with Gasteiger partial charge in [0.25, 0.3) is 0 Å². The van der Waals surface area contributed by atoms with Gasteiger partial charge in [0.2, 0.25) is 5.91 Å². The third-order valence-corrected chi connectivity index (χ3v) is 15.2. The fourth-order valence-corrected chi connectivity index (χ4v) is 10.1. The van der Waals surface area contributed by atoms with Crippen molar-refractivity contribution >= 4 is 11.9 Å². The third-order valence-electron chi connectivity index (χ3n) is 15.2. The lowest BCUT2D eigenvalue weighted by atomic mass is 9.99. The Hall–Kier alpha value is -1.60. The van der Waals surface area contributed by atoms with E-state index in [0.717, 1.165) is 57.8 Å². The van der Waals surface area contributed by atoms with Crippen molar-refractivity contribution in [3.63, 3.8) is 0 Å². The Morgan fingerprint density at radius 2 is 0.863 bits per heavy atom. The van der Waals surface area contributed by atoms with E-state index in [1.807, 2.05) is 6.08 Å². The molecule has 6 N–H and O–H groups in total. The number of hydrogen-bond acceptors (Lipinski definition) is 10. The third kappa shape index (κ3) is 42.1. The Balaban J connectivity index is 1.96. The van der Waals surface area contributed by atoms with E-state index in [2.05, 4.69) is 19.2 Å². The van der Waals surface area contributed by atoms with Gasteiger partial charge in [0.05, 0.1) is 32.0 Å². The molecule has 1 amide bonds. The van der Waals surface area contributed by atoms with Crippen LogP contribution in [0.4, 0.5) is 0 Å². The lowest BCUT2D eigenvalue weighted by Gasteiger charge is -2.40. The molecule has 0 bridgehead atoms. The lowest BCUT2D eigenvalue weighted by molar-refractivity contribution is -0.302. The van der Waals surface area contributed by atoms with E-state index in [1.54, 1.807) is 6.08 Å². The SMILES string of the molecule is CCCCCCCCC/C=C/C(O)C(COC1OC(CO)C(O)C(O)C1O)NC(=O)CCCCCCCCCCCCCCCCCCCCCCCCCCCOC(=O)CCCCCCCCCCCCC. The van der Waals surface area contributed by atoms with E-state index in [4.69, 9.17) is 14.2 Å². The van der Waals surface area contributed by atoms with Gasteiger partial charge in [-0.2, -0.15) is 0 Å². The van der Waals surface area contributed by atoms with Crippen molar-refractivity contribution in [2.45, 2.75) is 352 Å². The summed E-state index contributed by atoms with van der Waals surface area (Å²) in [4.78, 5) is 25.0. The molecule has 0 aromatic heterocycles. The molecule has 1 fully saturated rings. The second-order valence-electron chi connectivity index (χ2n) is 22.1. The fourth-order valence-electron chi connectivity index (χ4n) is 10.1. The highest BCUT2D eigenvalue weighted by atomic mass is 16.7. The maximum absolute atomic E-state index is 13.0. The van der Waals surface area contributed by atoms with E-state index < -0.39 is 49.5 Å². The minimum absolute atomic E-state index is 0.00587. The second kappa shape index (κ2) is 52.5. The molecule has 11 nitrogen and oxygen atoms in total. The Kier molecular flexibility index (Phi) is 49.9. The number of hydrogen-bond donors (Lipinski definition) is 6. The van der Waals surface area contributed by atoms with Gasteiger partial charge in [-0.1, -0.05) is 276 Å². The number of carbonyl (C=O) groups is 2. The second-order valence-corrected chi connectivity index (χ2v) is 22.1. The standard InChI is InChI=1S/C62H119NO10/c1-3-5-7-9-11-13-29-34-38-42-46-50-58(67)71-51-47-43-39-35-31-28-26-24-22-20-18-16-14-15-17-19-21-23-25-27-30-33-37-41-45-49-57(66)63-54(55(65)48-44-40-36-32-12-10-8-6-4-2)53-72-62-61(70)60(69)59(68)56(52-64)73-62/h44,48,54-56,59-62,64-65,68-70H,3-43,45-47,49-53H2,1-2H3,(H,63,66)/b48-44+. The number of nitrogens with one attached hydrogen (secondary N) is 1. The first-order valence-corrected chi connectivity index (χ1v) is 31.5. The van der Waals surface area contributed by atoms with Gasteiger partial charge < -0.3 is 45.1 Å². The van der Waals surface area contributed by atoms with Gasteiger partial charge in [-0.15, -0.1) is 0 Å². The van der Waals surface area contributed by atoms with Crippen LogP contribution in [-0.2, 0) is 23.8 Å². The summed E-state index contributed by atoms with van der Waals surface area (Å²) in [6, 6.07) is -0.806. The van der Waals surface area contributed by atoms with Gasteiger partial charge >= 0.3 is 5.97 Å². The molecule has 0 saturated carbocycles. The summed E-state index contributed by atoms with van der Waals surface area (Å²) in [5.41, 5.74) is 0. The molecular formula is C62H119NO10. The Morgan fingerprint density at radius 1 is 0.493 bits per heavy atom. The van der Waals surface area contributed by atoms with Gasteiger partial charge in [0, 0.05) is 12.8 Å². The van der Waals surface area contributed by atoms with Crippen LogP contribution in [0, 0.1) is 0 Å². The molecule has 1 heterocycles. The van der Waals surface area contributed by atoms with Crippen molar-refractivity contribution in [1.82, 2.24) is 5.32 Å². The lowest BCUT2D eigenvalue weighted by Crippen LogP contribution is -2.60. The number of rotatable bonds is 55. The van der Waals surface area contributed by atoms with Crippen LogP contribution in [0.15, 0.2) is 12.2 Å². The van der Waals surface area contributed by atoms with E-state index >= 15 is 0 Å². The first-order valence-electron chi connectivity index (χ1n) is 31.5. The normalized spacial score (nSPS) is 18.9. The Labute approximate surface area is 448 Å². The summed E-state index contributed by atoms with van der Waals surface area (Å²) < 4.78 is 16.7. The Morgan fingerprint density at radius 3 is 1.27 bits per heavy atom. The zero-order chi connectivity index (χ0) is 53.1. The summed E-state index contributed by atoms with van der Waals surface area (Å²) in [6.45, 7) is 4.33. The maximum Gasteiger partial charge on any atom is 0.305 e. The minimum Gasteiger partial charge on any atom is -0.466 e. The van der Waals surface area contributed by atoms with Crippen LogP contribution in [0.1, 0.15) is 309 Å². The first kappa shape index (κ1) is 69.4. The highest BCUT2D eigenvalue weighted by molar-refractivity contribution is 5.76. The summed E-state index contributed by atoms with van der Waals surface area (Å²) in [7, 11) is 0. The summed E-state index contributed by atoms with van der Waals surface area (Å²) in [5, 5.41) is 54.2. The molecule has 0 aromatic rings. The van der Waals surface area contributed by atoms with Crippen LogP contribution < -0.4 is 5.32 Å². The number of ether oxygens (including phenoxy) is 3. The number of carbonyl (C=O) groups excluding carboxylic acids is 2. The van der Waals surface area contributed by atoms with Crippen LogP contribution >= 0.6 is 0 Å². The molecular weight excluding hydrogens is 919 g/mol. The van der Waals surface area contributed by atoms with Crippen LogP contribution in [-0.4, -0.2) is 100 Å². The van der Waals surface area contributed by atoms with E-state index in [9.17, 15) is 35.1 Å². The Bertz CT molecular complexity index is 1220. The van der Waals surface area contributed by atoms with Crippen molar-refractivity contribution in [1.29, 1.82) is 0 Å². The summed E-state index contributed by atoms with van der Waals surface area (Å²) in [6.07, 6.45) is 51.9. The van der Waals surface area contributed by atoms with Gasteiger partial charge in [-0.05, 0) is 32.1 Å². The van der Waals surface area contributed by atoms with Crippen LogP contribution in [0.2, 0.25) is 0 Å². The first-order chi connectivity index (χ1) is 35.7. The molecule has 0 spiro atoms. The summed E-state index contributed by atoms with van der Waals surface area (Å²) >= 11 is 0. The predicted molar refractivity (Wildman–Crippen MR) is 301 cm³/mol. The maximum atomic E-state index is 13.0. The number of aliphatic hydroxyl groups excluding tert-OH is 5. The molecule has 1 rings (SSSR count). The zero-order valence-electron chi connectivity index (χ0n) is 47.6. The average Bonchev–Trinajstić information content (AvgIpc) is 3.39. The molecule has 0 radical (unpaired) electrons. The molecule has 432 valence electrons. The van der Waals surface area contributed by atoms with Crippen molar-refractivity contribution in [2.75, 3.05) is 19.8 Å². The molecule has 7 unspecified atom stereocenters. The number of aliphatic hydroxyl groups is 5. The van der Waals surface area contributed by atoms with Gasteiger partial charge in [-0.25, -0.2) is 0 Å². The smallest absolute Gasteiger partial charge is 0.305 e. The number of unbranched alkanes of at least 4 members (excludes halogenated alkanes) is 41. The van der Waals surface area contributed by atoms with Gasteiger partial charge in [0.15, 0.2) is 6.29 Å². The van der Waals surface area contributed by atoms with Crippen molar-refractivity contribution in [2.24, 2.45) is 0 Å². The van der Waals surface area contributed by atoms with E-state index in [1.165, 1.54) is 225 Å². The molecule has 11 heteroatoms. The molecule has 7 atom stereocenters.